The Morgan fingerprint density at radius 2 is 2.00 bits per heavy atom. The van der Waals surface area contributed by atoms with Gasteiger partial charge in [0, 0.05) is 12.0 Å². The fourth-order valence-corrected chi connectivity index (χ4v) is 1.18. The quantitative estimate of drug-likeness (QED) is 0.765. The zero-order valence-corrected chi connectivity index (χ0v) is 8.17. The number of ether oxygens (including phenoxy) is 1. The maximum atomic E-state index is 13.1. The summed E-state index contributed by atoms with van der Waals surface area (Å²) in [7, 11) is 1.17. The van der Waals surface area contributed by atoms with Crippen molar-refractivity contribution in [1.82, 2.24) is 0 Å². The van der Waals surface area contributed by atoms with Gasteiger partial charge >= 0.3 is 5.97 Å². The lowest BCUT2D eigenvalue weighted by Crippen LogP contribution is -2.34. The van der Waals surface area contributed by atoms with E-state index in [1.165, 1.54) is 13.2 Å². The summed E-state index contributed by atoms with van der Waals surface area (Å²) in [5, 5.41) is 0. The predicted octanol–water partition coefficient (Wildman–Crippen LogP) is 1.01. The smallest absolute Gasteiger partial charge is 0.322 e. The Hall–Kier alpha value is -1.49. The van der Waals surface area contributed by atoms with Crippen molar-refractivity contribution in [3.8, 4) is 0 Å². The Labute approximate surface area is 85.8 Å². The molecule has 0 heterocycles. The molecule has 1 unspecified atom stereocenters. The van der Waals surface area contributed by atoms with Crippen LogP contribution in [0.5, 0.6) is 0 Å². The number of methoxy groups -OCH3 is 1. The van der Waals surface area contributed by atoms with E-state index in [9.17, 15) is 13.6 Å². The number of hydrogen-bond donors (Lipinski definition) is 1. The van der Waals surface area contributed by atoms with Crippen LogP contribution < -0.4 is 5.73 Å². The number of esters is 1. The molecule has 0 aliphatic heterocycles. The van der Waals surface area contributed by atoms with Gasteiger partial charge in [0.1, 0.15) is 17.7 Å². The summed E-state index contributed by atoms with van der Waals surface area (Å²) in [6.07, 6.45) is -0.217. The SMILES string of the molecule is COC(=O)C(N)Cc1c(F)cccc1F. The van der Waals surface area contributed by atoms with Gasteiger partial charge in [-0.3, -0.25) is 4.79 Å². The first-order chi connectivity index (χ1) is 7.06. The van der Waals surface area contributed by atoms with E-state index in [1.54, 1.807) is 0 Å². The van der Waals surface area contributed by atoms with E-state index >= 15 is 0 Å². The first-order valence-electron chi connectivity index (χ1n) is 4.32. The van der Waals surface area contributed by atoms with Crippen molar-refractivity contribution in [2.24, 2.45) is 5.73 Å². The van der Waals surface area contributed by atoms with E-state index in [0.29, 0.717) is 0 Å². The molecule has 5 heteroatoms. The molecule has 0 aromatic heterocycles. The molecule has 1 aromatic carbocycles. The number of rotatable bonds is 3. The van der Waals surface area contributed by atoms with Crippen LogP contribution in [0.25, 0.3) is 0 Å². The summed E-state index contributed by atoms with van der Waals surface area (Å²) >= 11 is 0. The minimum Gasteiger partial charge on any atom is -0.468 e. The van der Waals surface area contributed by atoms with Gasteiger partial charge in [0.2, 0.25) is 0 Å². The van der Waals surface area contributed by atoms with Gasteiger partial charge in [-0.25, -0.2) is 8.78 Å². The van der Waals surface area contributed by atoms with Crippen molar-refractivity contribution < 1.29 is 18.3 Å². The van der Waals surface area contributed by atoms with Crippen molar-refractivity contribution in [3.63, 3.8) is 0 Å². The summed E-state index contributed by atoms with van der Waals surface area (Å²) < 4.78 is 30.6. The van der Waals surface area contributed by atoms with Crippen LogP contribution in [0.2, 0.25) is 0 Å². The molecule has 2 N–H and O–H groups in total. The minimum absolute atomic E-state index is 0.199. The second-order valence-electron chi connectivity index (χ2n) is 3.03. The molecule has 3 nitrogen and oxygen atoms in total. The van der Waals surface area contributed by atoms with Gasteiger partial charge in [-0.05, 0) is 12.1 Å². The Balaban J connectivity index is 2.85. The van der Waals surface area contributed by atoms with E-state index < -0.39 is 23.6 Å². The van der Waals surface area contributed by atoms with Crippen LogP contribution in [-0.2, 0) is 16.0 Å². The third kappa shape index (κ3) is 2.73. The number of halogens is 2. The zero-order chi connectivity index (χ0) is 11.4. The average molecular weight is 215 g/mol. The van der Waals surface area contributed by atoms with E-state index in [0.717, 1.165) is 12.1 Å². The van der Waals surface area contributed by atoms with Crippen molar-refractivity contribution in [2.45, 2.75) is 12.5 Å². The van der Waals surface area contributed by atoms with Gasteiger partial charge in [0.05, 0.1) is 7.11 Å². The van der Waals surface area contributed by atoms with Crippen LogP contribution >= 0.6 is 0 Å². The van der Waals surface area contributed by atoms with Crippen LogP contribution in [0.1, 0.15) is 5.56 Å². The number of nitrogens with two attached hydrogens (primary N) is 1. The fourth-order valence-electron chi connectivity index (χ4n) is 1.18. The summed E-state index contributed by atoms with van der Waals surface area (Å²) in [5.74, 6) is -2.12. The largest absolute Gasteiger partial charge is 0.468 e. The van der Waals surface area contributed by atoms with Gasteiger partial charge in [-0.2, -0.15) is 0 Å². The molecule has 15 heavy (non-hydrogen) atoms. The van der Waals surface area contributed by atoms with Crippen LogP contribution in [0, 0.1) is 11.6 Å². The second-order valence-corrected chi connectivity index (χ2v) is 3.03. The first-order valence-corrected chi connectivity index (χ1v) is 4.32. The van der Waals surface area contributed by atoms with Crippen LogP contribution in [-0.4, -0.2) is 19.1 Å². The molecule has 0 fully saturated rings. The monoisotopic (exact) mass is 215 g/mol. The Kier molecular flexibility index (Phi) is 3.74. The second kappa shape index (κ2) is 4.84. The molecule has 0 bridgehead atoms. The number of benzene rings is 1. The number of hydrogen-bond acceptors (Lipinski definition) is 3. The molecule has 1 rings (SSSR count). The molecule has 0 aliphatic carbocycles. The normalized spacial score (nSPS) is 12.3. The van der Waals surface area contributed by atoms with Gasteiger partial charge < -0.3 is 10.5 Å². The highest BCUT2D eigenvalue weighted by atomic mass is 19.1. The highest BCUT2D eigenvalue weighted by Crippen LogP contribution is 2.13. The summed E-state index contributed by atoms with van der Waals surface area (Å²) in [5.41, 5.74) is 5.19. The molecule has 0 amide bonds. The molecule has 0 radical (unpaired) electrons. The molecular formula is C10H11F2NO2. The number of carbonyl (C=O) groups excluding carboxylic acids is 1. The standard InChI is InChI=1S/C10H11F2NO2/c1-15-10(14)9(13)5-6-7(11)3-2-4-8(6)12/h2-4,9H,5,13H2,1H3. The topological polar surface area (TPSA) is 52.3 Å². The van der Waals surface area contributed by atoms with E-state index in [4.69, 9.17) is 5.73 Å². The summed E-state index contributed by atoms with van der Waals surface area (Å²) in [6, 6.07) is 2.42. The van der Waals surface area contributed by atoms with E-state index in [2.05, 4.69) is 4.74 Å². The van der Waals surface area contributed by atoms with Crippen molar-refractivity contribution in [1.29, 1.82) is 0 Å². The molecule has 0 saturated heterocycles. The third-order valence-electron chi connectivity index (χ3n) is 1.99. The maximum Gasteiger partial charge on any atom is 0.322 e. The van der Waals surface area contributed by atoms with Gasteiger partial charge in [-0.15, -0.1) is 0 Å². The third-order valence-corrected chi connectivity index (χ3v) is 1.99. The molecule has 0 saturated carbocycles. The zero-order valence-electron chi connectivity index (χ0n) is 8.17. The van der Waals surface area contributed by atoms with Gasteiger partial charge in [0.15, 0.2) is 0 Å². The highest BCUT2D eigenvalue weighted by molar-refractivity contribution is 5.75. The maximum absolute atomic E-state index is 13.1. The number of carbonyl (C=O) groups is 1. The van der Waals surface area contributed by atoms with Gasteiger partial charge in [-0.1, -0.05) is 6.07 Å². The molecule has 82 valence electrons. The minimum atomic E-state index is -1.05. The Bertz CT molecular complexity index is 348. The first kappa shape index (κ1) is 11.6. The van der Waals surface area contributed by atoms with Gasteiger partial charge in [0.25, 0.3) is 0 Å². The highest BCUT2D eigenvalue weighted by Gasteiger charge is 2.18. The molecule has 1 aromatic rings. The van der Waals surface area contributed by atoms with Crippen molar-refractivity contribution in [2.75, 3.05) is 7.11 Å². The van der Waals surface area contributed by atoms with E-state index in [1.807, 2.05) is 0 Å². The predicted molar refractivity (Wildman–Crippen MR) is 50.1 cm³/mol. The summed E-state index contributed by atoms with van der Waals surface area (Å²) in [4.78, 5) is 10.9. The van der Waals surface area contributed by atoms with Crippen LogP contribution in [0.3, 0.4) is 0 Å². The van der Waals surface area contributed by atoms with Crippen molar-refractivity contribution >= 4 is 5.97 Å². The molecule has 0 spiro atoms. The molecule has 0 aliphatic rings. The lowest BCUT2D eigenvalue weighted by molar-refractivity contribution is -0.142. The fraction of sp³-hybridized carbons (Fsp3) is 0.300. The summed E-state index contributed by atoms with van der Waals surface area (Å²) in [6.45, 7) is 0. The van der Waals surface area contributed by atoms with Crippen LogP contribution in [0.4, 0.5) is 8.78 Å². The lowest BCUT2D eigenvalue weighted by atomic mass is 10.1. The van der Waals surface area contributed by atoms with E-state index in [-0.39, 0.29) is 12.0 Å². The average Bonchev–Trinajstić information content (AvgIpc) is 2.22. The Morgan fingerprint density at radius 3 is 2.47 bits per heavy atom. The van der Waals surface area contributed by atoms with Crippen LogP contribution in [0.15, 0.2) is 18.2 Å². The lowest BCUT2D eigenvalue weighted by Gasteiger charge is -2.10. The molecular weight excluding hydrogens is 204 g/mol. The molecule has 1 atom stereocenters. The Morgan fingerprint density at radius 1 is 1.47 bits per heavy atom. The van der Waals surface area contributed by atoms with Crippen molar-refractivity contribution in [3.05, 3.63) is 35.4 Å².